The van der Waals surface area contributed by atoms with Crippen molar-refractivity contribution in [3.05, 3.63) is 54.1 Å². The molecular weight excluding hydrogens is 382 g/mol. The predicted octanol–water partition coefficient (Wildman–Crippen LogP) is 2.13. The Morgan fingerprint density at radius 1 is 1.11 bits per heavy atom. The van der Waals surface area contributed by atoms with E-state index in [4.69, 9.17) is 4.74 Å². The molecule has 0 saturated carbocycles. The maximum Gasteiger partial charge on any atom is 0.258 e. The van der Waals surface area contributed by atoms with Crippen molar-refractivity contribution in [3.8, 4) is 17.1 Å². The molecule has 28 heavy (non-hydrogen) atoms. The van der Waals surface area contributed by atoms with Gasteiger partial charge in [0, 0.05) is 18.2 Å². The van der Waals surface area contributed by atoms with Crippen molar-refractivity contribution in [1.29, 1.82) is 0 Å². The molecular formula is C18H19N5O4S. The van der Waals surface area contributed by atoms with Crippen LogP contribution in [0.3, 0.4) is 0 Å². The van der Waals surface area contributed by atoms with Gasteiger partial charge < -0.3 is 4.74 Å². The maximum atomic E-state index is 12.4. The number of aromatic nitrogens is 3. The van der Waals surface area contributed by atoms with Gasteiger partial charge in [0.2, 0.25) is 16.0 Å². The van der Waals surface area contributed by atoms with E-state index in [-0.39, 0.29) is 5.95 Å². The maximum absolute atomic E-state index is 12.4. The zero-order valence-corrected chi connectivity index (χ0v) is 16.3. The van der Waals surface area contributed by atoms with Crippen molar-refractivity contribution >= 4 is 27.6 Å². The van der Waals surface area contributed by atoms with E-state index in [0.717, 1.165) is 21.9 Å². The molecule has 0 atom stereocenters. The standard InChI is InChI=1S/C18H19N5O4S/c1-23(28(3,25)26)14-8-4-13(5-9-14)17(24)20-18-19-16(21-22-18)12-6-10-15(27-2)11-7-12/h4-11H,1-3H3,(H2,19,20,21,22,24). The summed E-state index contributed by atoms with van der Waals surface area (Å²) in [5.74, 6) is 0.951. The average Bonchev–Trinajstić information content (AvgIpc) is 3.15. The Morgan fingerprint density at radius 3 is 2.32 bits per heavy atom. The summed E-state index contributed by atoms with van der Waals surface area (Å²) >= 11 is 0. The number of amides is 1. The fraction of sp³-hybridized carbons (Fsp3) is 0.167. The first-order valence-electron chi connectivity index (χ1n) is 8.20. The minimum atomic E-state index is -3.36. The van der Waals surface area contributed by atoms with Gasteiger partial charge in [-0.05, 0) is 48.5 Å². The van der Waals surface area contributed by atoms with Crippen LogP contribution < -0.4 is 14.4 Å². The van der Waals surface area contributed by atoms with Crippen molar-refractivity contribution in [2.45, 2.75) is 0 Å². The van der Waals surface area contributed by atoms with Gasteiger partial charge in [0.15, 0.2) is 5.82 Å². The lowest BCUT2D eigenvalue weighted by molar-refractivity contribution is 0.102. The summed E-state index contributed by atoms with van der Waals surface area (Å²) in [5.41, 5.74) is 1.60. The number of aromatic amines is 1. The topological polar surface area (TPSA) is 117 Å². The Labute approximate surface area is 162 Å². The Balaban J connectivity index is 1.70. The van der Waals surface area contributed by atoms with Crippen LogP contribution in [0.5, 0.6) is 5.75 Å². The van der Waals surface area contributed by atoms with Gasteiger partial charge in [0.25, 0.3) is 5.91 Å². The minimum Gasteiger partial charge on any atom is -0.497 e. The number of nitrogens with one attached hydrogen (secondary N) is 2. The van der Waals surface area contributed by atoms with Gasteiger partial charge in [0.05, 0.1) is 19.1 Å². The molecule has 0 aliphatic carbocycles. The highest BCUT2D eigenvalue weighted by Crippen LogP contribution is 2.20. The van der Waals surface area contributed by atoms with Crippen LogP contribution in [0.1, 0.15) is 10.4 Å². The van der Waals surface area contributed by atoms with E-state index in [1.165, 1.54) is 19.2 Å². The Hall–Kier alpha value is -3.40. The van der Waals surface area contributed by atoms with Crippen LogP contribution in [0.4, 0.5) is 11.6 Å². The molecule has 0 bridgehead atoms. The summed E-state index contributed by atoms with van der Waals surface area (Å²) in [5, 5.41) is 9.36. The van der Waals surface area contributed by atoms with Gasteiger partial charge in [-0.2, -0.15) is 4.98 Å². The molecule has 0 unspecified atom stereocenters. The number of anilines is 2. The van der Waals surface area contributed by atoms with Crippen LogP contribution in [0.2, 0.25) is 0 Å². The zero-order chi connectivity index (χ0) is 20.3. The van der Waals surface area contributed by atoms with E-state index in [1.807, 2.05) is 12.1 Å². The van der Waals surface area contributed by atoms with Gasteiger partial charge in [-0.25, -0.2) is 8.42 Å². The van der Waals surface area contributed by atoms with Gasteiger partial charge in [-0.15, -0.1) is 5.10 Å². The Morgan fingerprint density at radius 2 is 1.75 bits per heavy atom. The highest BCUT2D eigenvalue weighted by atomic mass is 32.2. The molecule has 0 aliphatic rings. The fourth-order valence-corrected chi connectivity index (χ4v) is 2.89. The zero-order valence-electron chi connectivity index (χ0n) is 15.5. The molecule has 1 heterocycles. The minimum absolute atomic E-state index is 0.133. The van der Waals surface area contributed by atoms with E-state index in [9.17, 15) is 13.2 Å². The Bertz CT molecular complexity index is 1080. The SMILES string of the molecule is COc1ccc(-c2nc(NC(=O)c3ccc(N(C)S(C)(=O)=O)cc3)n[nH]2)cc1. The van der Waals surface area contributed by atoms with Crippen LogP contribution in [0.25, 0.3) is 11.4 Å². The van der Waals surface area contributed by atoms with Crippen molar-refractivity contribution in [2.75, 3.05) is 30.0 Å². The Kier molecular flexibility index (Phi) is 5.32. The smallest absolute Gasteiger partial charge is 0.258 e. The number of benzene rings is 2. The van der Waals surface area contributed by atoms with Crippen LogP contribution in [-0.4, -0.2) is 49.9 Å². The molecule has 3 rings (SSSR count). The number of hydrogen-bond donors (Lipinski definition) is 2. The number of sulfonamides is 1. The summed E-state index contributed by atoms with van der Waals surface area (Å²) in [6, 6.07) is 13.4. The molecule has 0 spiro atoms. The second-order valence-electron chi connectivity index (χ2n) is 5.97. The van der Waals surface area contributed by atoms with Crippen molar-refractivity contribution < 1.29 is 17.9 Å². The van der Waals surface area contributed by atoms with Crippen LogP contribution in [0.15, 0.2) is 48.5 Å². The van der Waals surface area contributed by atoms with Crippen molar-refractivity contribution in [2.24, 2.45) is 0 Å². The van der Waals surface area contributed by atoms with Crippen LogP contribution in [0, 0.1) is 0 Å². The molecule has 0 fully saturated rings. The number of rotatable bonds is 6. The first kappa shape index (κ1) is 19.4. The van der Waals surface area contributed by atoms with E-state index in [2.05, 4.69) is 20.5 Å². The first-order valence-corrected chi connectivity index (χ1v) is 10.0. The number of ether oxygens (including phenoxy) is 1. The lowest BCUT2D eigenvalue weighted by atomic mass is 10.2. The summed E-state index contributed by atoms with van der Waals surface area (Å²) in [6.07, 6.45) is 1.11. The van der Waals surface area contributed by atoms with E-state index < -0.39 is 15.9 Å². The molecule has 3 aromatic rings. The lowest BCUT2D eigenvalue weighted by Gasteiger charge is -2.16. The van der Waals surface area contributed by atoms with E-state index >= 15 is 0 Å². The molecule has 146 valence electrons. The third-order valence-electron chi connectivity index (χ3n) is 4.06. The summed E-state index contributed by atoms with van der Waals surface area (Å²) in [7, 11) is -0.335. The second kappa shape index (κ2) is 7.69. The molecule has 2 aromatic carbocycles. The van der Waals surface area contributed by atoms with Crippen LogP contribution in [-0.2, 0) is 10.0 Å². The molecule has 1 aromatic heterocycles. The highest BCUT2D eigenvalue weighted by molar-refractivity contribution is 7.92. The predicted molar refractivity (Wildman–Crippen MR) is 106 cm³/mol. The second-order valence-corrected chi connectivity index (χ2v) is 7.98. The average molecular weight is 401 g/mol. The highest BCUT2D eigenvalue weighted by Gasteiger charge is 2.14. The summed E-state index contributed by atoms with van der Waals surface area (Å²) in [6.45, 7) is 0. The molecule has 1 amide bonds. The third-order valence-corrected chi connectivity index (χ3v) is 5.27. The molecule has 0 saturated heterocycles. The quantitative estimate of drug-likeness (QED) is 0.653. The largest absolute Gasteiger partial charge is 0.497 e. The van der Waals surface area contributed by atoms with Gasteiger partial charge in [-0.3, -0.25) is 19.5 Å². The number of methoxy groups -OCH3 is 1. The fourth-order valence-electron chi connectivity index (χ4n) is 2.38. The van der Waals surface area contributed by atoms with Gasteiger partial charge in [-0.1, -0.05) is 0 Å². The molecule has 0 aliphatic heterocycles. The van der Waals surface area contributed by atoms with Gasteiger partial charge in [0.1, 0.15) is 5.75 Å². The summed E-state index contributed by atoms with van der Waals surface area (Å²) in [4.78, 5) is 16.6. The number of carbonyl (C=O) groups is 1. The third kappa shape index (κ3) is 4.29. The number of carbonyl (C=O) groups excluding carboxylic acids is 1. The molecule has 0 radical (unpaired) electrons. The van der Waals surface area contributed by atoms with Gasteiger partial charge >= 0.3 is 0 Å². The molecule has 10 heteroatoms. The number of nitrogens with zero attached hydrogens (tertiary/aromatic N) is 3. The van der Waals surface area contributed by atoms with E-state index in [1.54, 1.807) is 31.4 Å². The number of H-pyrrole nitrogens is 1. The van der Waals surface area contributed by atoms with Crippen molar-refractivity contribution in [1.82, 2.24) is 15.2 Å². The molecule has 2 N–H and O–H groups in total. The normalized spacial score (nSPS) is 11.1. The number of hydrogen-bond acceptors (Lipinski definition) is 6. The van der Waals surface area contributed by atoms with Crippen LogP contribution >= 0.6 is 0 Å². The lowest BCUT2D eigenvalue weighted by Crippen LogP contribution is -2.24. The molecule has 9 nitrogen and oxygen atoms in total. The van der Waals surface area contributed by atoms with E-state index in [0.29, 0.717) is 17.1 Å². The summed E-state index contributed by atoms with van der Waals surface area (Å²) < 4.78 is 29.4. The first-order chi connectivity index (χ1) is 13.3. The van der Waals surface area contributed by atoms with Crippen molar-refractivity contribution in [3.63, 3.8) is 0 Å². The monoisotopic (exact) mass is 401 g/mol.